The lowest BCUT2D eigenvalue weighted by Crippen LogP contribution is -2.13. The Bertz CT molecular complexity index is 879. The molecule has 1 amide bonds. The number of hydrogen-bond acceptors (Lipinski definition) is 3. The van der Waals surface area contributed by atoms with Crippen LogP contribution in [0, 0.1) is 6.92 Å². The number of aryl methyl sites for hydroxylation is 2. The molecule has 1 aromatic heterocycles. The fourth-order valence-electron chi connectivity index (χ4n) is 2.74. The van der Waals surface area contributed by atoms with Crippen molar-refractivity contribution < 1.29 is 9.21 Å². The first-order valence-corrected chi connectivity index (χ1v) is 8.93. The van der Waals surface area contributed by atoms with Gasteiger partial charge in [-0.1, -0.05) is 56.3 Å². The zero-order valence-corrected chi connectivity index (χ0v) is 15.5. The van der Waals surface area contributed by atoms with Gasteiger partial charge in [-0.05, 0) is 30.0 Å². The number of amides is 1. The minimum absolute atomic E-state index is 0.0414. The van der Waals surface area contributed by atoms with Gasteiger partial charge in [0.25, 0.3) is 0 Å². The Labute approximate surface area is 154 Å². The molecule has 0 aliphatic carbocycles. The van der Waals surface area contributed by atoms with Crippen LogP contribution in [0.3, 0.4) is 0 Å². The fourth-order valence-corrected chi connectivity index (χ4v) is 2.74. The van der Waals surface area contributed by atoms with Crippen LogP contribution in [0.4, 0.5) is 5.69 Å². The number of aromatic nitrogens is 1. The molecule has 0 spiro atoms. The van der Waals surface area contributed by atoms with Gasteiger partial charge in [-0.3, -0.25) is 4.79 Å². The van der Waals surface area contributed by atoms with Crippen molar-refractivity contribution in [2.24, 2.45) is 0 Å². The normalized spacial score (nSPS) is 10.9. The largest absolute Gasteiger partial charge is 0.441 e. The highest BCUT2D eigenvalue weighted by molar-refractivity contribution is 5.91. The van der Waals surface area contributed by atoms with Gasteiger partial charge in [-0.15, -0.1) is 0 Å². The predicted octanol–water partition coefficient (Wildman–Crippen LogP) is 5.34. The number of hydrogen-bond donors (Lipinski definition) is 1. The van der Waals surface area contributed by atoms with Crippen LogP contribution in [0.25, 0.3) is 11.3 Å². The maximum atomic E-state index is 12.1. The zero-order chi connectivity index (χ0) is 18.5. The minimum Gasteiger partial charge on any atom is -0.441 e. The van der Waals surface area contributed by atoms with Crippen LogP contribution >= 0.6 is 0 Å². The monoisotopic (exact) mass is 348 g/mol. The quantitative estimate of drug-likeness (QED) is 0.654. The van der Waals surface area contributed by atoms with Gasteiger partial charge in [0.05, 0.1) is 6.20 Å². The van der Waals surface area contributed by atoms with Crippen LogP contribution < -0.4 is 5.32 Å². The fraction of sp³-hybridized carbons (Fsp3) is 0.273. The van der Waals surface area contributed by atoms with Crippen LogP contribution in [0.5, 0.6) is 0 Å². The van der Waals surface area contributed by atoms with Crippen LogP contribution in [-0.4, -0.2) is 10.9 Å². The molecule has 0 aliphatic rings. The van der Waals surface area contributed by atoms with E-state index in [2.05, 4.69) is 36.3 Å². The molecule has 26 heavy (non-hydrogen) atoms. The lowest BCUT2D eigenvalue weighted by molar-refractivity contribution is -0.116. The maximum absolute atomic E-state index is 12.1. The Morgan fingerprint density at radius 2 is 1.85 bits per heavy atom. The Hall–Kier alpha value is -2.88. The van der Waals surface area contributed by atoms with E-state index in [1.54, 1.807) is 6.20 Å². The summed E-state index contributed by atoms with van der Waals surface area (Å²) in [6.45, 7) is 6.31. The first kappa shape index (κ1) is 17.9. The summed E-state index contributed by atoms with van der Waals surface area (Å²) in [4.78, 5) is 16.4. The second-order valence-electron chi connectivity index (χ2n) is 6.76. The van der Waals surface area contributed by atoms with Gasteiger partial charge in [-0.2, -0.15) is 0 Å². The van der Waals surface area contributed by atoms with Gasteiger partial charge in [0.1, 0.15) is 0 Å². The van der Waals surface area contributed by atoms with E-state index in [-0.39, 0.29) is 5.91 Å². The standard InChI is InChI=1S/C22H24N2O2/c1-15(2)17-8-10-18(11-9-17)20-14-23-22(26-20)13-12-21(25)24-19-7-5-4-6-16(19)3/h4-11,14-15H,12-13H2,1-3H3,(H,24,25). The lowest BCUT2D eigenvalue weighted by Gasteiger charge is -2.07. The molecular weight excluding hydrogens is 324 g/mol. The highest BCUT2D eigenvalue weighted by Crippen LogP contribution is 2.24. The summed E-state index contributed by atoms with van der Waals surface area (Å²) >= 11 is 0. The Kier molecular flexibility index (Phi) is 5.52. The molecule has 0 saturated heterocycles. The molecule has 0 fully saturated rings. The molecule has 1 heterocycles. The summed E-state index contributed by atoms with van der Waals surface area (Å²) < 4.78 is 5.80. The van der Waals surface area contributed by atoms with E-state index in [4.69, 9.17) is 4.42 Å². The van der Waals surface area contributed by atoms with Gasteiger partial charge in [0.2, 0.25) is 5.91 Å². The molecular formula is C22H24N2O2. The van der Waals surface area contributed by atoms with Gasteiger partial charge < -0.3 is 9.73 Å². The first-order chi connectivity index (χ1) is 12.5. The van der Waals surface area contributed by atoms with Crippen LogP contribution in [-0.2, 0) is 11.2 Å². The molecule has 4 nitrogen and oxygen atoms in total. The molecule has 4 heteroatoms. The van der Waals surface area contributed by atoms with Gasteiger partial charge in [0.15, 0.2) is 11.7 Å². The Morgan fingerprint density at radius 3 is 2.54 bits per heavy atom. The highest BCUT2D eigenvalue weighted by Gasteiger charge is 2.10. The van der Waals surface area contributed by atoms with Crippen molar-refractivity contribution >= 4 is 11.6 Å². The Balaban J connectivity index is 1.58. The molecule has 0 radical (unpaired) electrons. The zero-order valence-electron chi connectivity index (χ0n) is 15.5. The second kappa shape index (κ2) is 8.00. The number of nitrogens with zero attached hydrogens (tertiary/aromatic N) is 1. The van der Waals surface area contributed by atoms with Crippen molar-refractivity contribution in [3.8, 4) is 11.3 Å². The van der Waals surface area contributed by atoms with Crippen molar-refractivity contribution in [1.29, 1.82) is 0 Å². The lowest BCUT2D eigenvalue weighted by atomic mass is 10.0. The molecule has 0 aliphatic heterocycles. The molecule has 0 bridgehead atoms. The number of oxazole rings is 1. The molecule has 3 rings (SSSR count). The van der Waals surface area contributed by atoms with Crippen molar-refractivity contribution in [2.75, 3.05) is 5.32 Å². The smallest absolute Gasteiger partial charge is 0.224 e. The summed E-state index contributed by atoms with van der Waals surface area (Å²) in [5, 5.41) is 2.93. The summed E-state index contributed by atoms with van der Waals surface area (Å²) in [6.07, 6.45) is 2.53. The third-order valence-corrected chi connectivity index (χ3v) is 4.40. The maximum Gasteiger partial charge on any atom is 0.224 e. The number of anilines is 1. The molecule has 0 saturated carbocycles. The number of carbonyl (C=O) groups excluding carboxylic acids is 1. The van der Waals surface area contributed by atoms with E-state index in [1.807, 2.05) is 43.3 Å². The Morgan fingerprint density at radius 1 is 1.12 bits per heavy atom. The van der Waals surface area contributed by atoms with Gasteiger partial charge in [0, 0.05) is 24.1 Å². The van der Waals surface area contributed by atoms with Crippen LogP contribution in [0.2, 0.25) is 0 Å². The average Bonchev–Trinajstić information content (AvgIpc) is 3.11. The van der Waals surface area contributed by atoms with E-state index >= 15 is 0 Å². The molecule has 0 atom stereocenters. The van der Waals surface area contributed by atoms with E-state index in [1.165, 1.54) is 5.56 Å². The number of nitrogens with one attached hydrogen (secondary N) is 1. The van der Waals surface area contributed by atoms with Crippen molar-refractivity contribution in [3.63, 3.8) is 0 Å². The molecule has 0 unspecified atom stereocenters. The van der Waals surface area contributed by atoms with E-state index in [0.29, 0.717) is 24.7 Å². The third-order valence-electron chi connectivity index (χ3n) is 4.40. The predicted molar refractivity (Wildman–Crippen MR) is 104 cm³/mol. The first-order valence-electron chi connectivity index (χ1n) is 8.93. The van der Waals surface area contributed by atoms with Gasteiger partial charge >= 0.3 is 0 Å². The SMILES string of the molecule is Cc1ccccc1NC(=O)CCc1ncc(-c2ccc(C(C)C)cc2)o1. The topological polar surface area (TPSA) is 55.1 Å². The molecule has 1 N–H and O–H groups in total. The van der Waals surface area contributed by atoms with E-state index < -0.39 is 0 Å². The van der Waals surface area contributed by atoms with Gasteiger partial charge in [-0.25, -0.2) is 4.98 Å². The summed E-state index contributed by atoms with van der Waals surface area (Å²) in [6, 6.07) is 16.0. The number of rotatable bonds is 6. The van der Waals surface area contributed by atoms with Crippen LogP contribution in [0.15, 0.2) is 59.1 Å². The second-order valence-corrected chi connectivity index (χ2v) is 6.76. The average molecular weight is 348 g/mol. The summed E-state index contributed by atoms with van der Waals surface area (Å²) in [5.41, 5.74) is 4.18. The molecule has 2 aromatic carbocycles. The summed E-state index contributed by atoms with van der Waals surface area (Å²) in [5.74, 6) is 1.77. The number of benzene rings is 2. The number of carbonyl (C=O) groups is 1. The van der Waals surface area contributed by atoms with E-state index in [9.17, 15) is 4.79 Å². The molecule has 134 valence electrons. The third kappa shape index (κ3) is 4.39. The minimum atomic E-state index is -0.0414. The number of para-hydroxylation sites is 1. The highest BCUT2D eigenvalue weighted by atomic mass is 16.4. The van der Waals surface area contributed by atoms with Crippen molar-refractivity contribution in [2.45, 2.75) is 39.5 Å². The van der Waals surface area contributed by atoms with E-state index in [0.717, 1.165) is 22.6 Å². The van der Waals surface area contributed by atoms with Crippen molar-refractivity contribution in [3.05, 3.63) is 71.7 Å². The van der Waals surface area contributed by atoms with Crippen molar-refractivity contribution in [1.82, 2.24) is 4.98 Å². The summed E-state index contributed by atoms with van der Waals surface area (Å²) in [7, 11) is 0. The van der Waals surface area contributed by atoms with Crippen LogP contribution in [0.1, 0.15) is 43.2 Å². The molecule has 3 aromatic rings.